The Morgan fingerprint density at radius 1 is 0.850 bits per heavy atom. The molecule has 20 heavy (non-hydrogen) atoms. The van der Waals surface area contributed by atoms with Gasteiger partial charge in [0, 0.05) is 0 Å². The summed E-state index contributed by atoms with van der Waals surface area (Å²) in [6.07, 6.45) is -9.67. The van der Waals surface area contributed by atoms with Crippen LogP contribution in [0.25, 0.3) is 0 Å². The van der Waals surface area contributed by atoms with Gasteiger partial charge in [-0.1, -0.05) is 0 Å². The van der Waals surface area contributed by atoms with Crippen LogP contribution in [0.3, 0.4) is 0 Å². The maximum absolute atomic E-state index is 10.1. The molecule has 0 bridgehead atoms. The summed E-state index contributed by atoms with van der Waals surface area (Å²) in [5, 5.41) is 65.8. The molecule has 0 radical (unpaired) electrons. The molecule has 0 fully saturated rings. The predicted octanol–water partition coefficient (Wildman–Crippen LogP) is -3.74. The van der Waals surface area contributed by atoms with E-state index in [0.717, 1.165) is 0 Å². The quantitative estimate of drug-likeness (QED) is 0.218. The maximum Gasteiger partial charge on any atom is 2.00 e. The number of aliphatic hydroxyl groups excluding tert-OH is 5. The van der Waals surface area contributed by atoms with Crippen molar-refractivity contribution in [1.29, 1.82) is 0 Å². The summed E-state index contributed by atoms with van der Waals surface area (Å²) in [4.78, 5) is 18.6. The Labute approximate surface area is 212 Å². The molecular weight excluding hydrogens is 364 g/mol. The van der Waals surface area contributed by atoms with Gasteiger partial charge < -0.3 is 49.4 Å². The molecule has 0 aliphatic rings. The van der Waals surface area contributed by atoms with Crippen molar-refractivity contribution in [2.45, 2.75) is 24.4 Å². The second-order valence-corrected chi connectivity index (χ2v) is 2.80. The van der Waals surface area contributed by atoms with Gasteiger partial charge in [0.2, 0.25) is 0 Å². The van der Waals surface area contributed by atoms with E-state index in [2.05, 4.69) is 0 Å². The monoisotopic (exact) mass is 384 g/mol. The van der Waals surface area contributed by atoms with Gasteiger partial charge in [0.05, 0.1) is 6.61 Å². The summed E-state index contributed by atoms with van der Waals surface area (Å²) >= 11 is 0. The van der Waals surface area contributed by atoms with Crippen molar-refractivity contribution in [2.75, 3.05) is 6.61 Å². The van der Waals surface area contributed by atoms with Crippen LogP contribution in [0.5, 0.6) is 0 Å². The molecule has 0 aromatic heterocycles. The van der Waals surface area contributed by atoms with Crippen molar-refractivity contribution in [3.8, 4) is 0 Å². The zero-order valence-corrected chi connectivity index (χ0v) is 17.2. The van der Waals surface area contributed by atoms with Crippen LogP contribution in [0.2, 0.25) is 0 Å². The Balaban J connectivity index is -0.0000000177. The Kier molecular flexibility index (Phi) is 32.7. The molecule has 0 aliphatic heterocycles. The molecule has 8 N–H and O–H groups in total. The Hall–Kier alpha value is 2.32. The van der Waals surface area contributed by atoms with Crippen molar-refractivity contribution in [3.63, 3.8) is 0 Å². The molecule has 0 rings (SSSR count). The minimum absolute atomic E-state index is 0. The first kappa shape index (κ1) is 33.8. The van der Waals surface area contributed by atoms with E-state index in [0.29, 0.717) is 0 Å². The van der Waals surface area contributed by atoms with Gasteiger partial charge in [-0.05, 0) is 0 Å². The van der Waals surface area contributed by atoms with Gasteiger partial charge in [-0.2, -0.15) is 0 Å². The summed E-state index contributed by atoms with van der Waals surface area (Å²) in [6, 6.07) is 0. The van der Waals surface area contributed by atoms with Crippen LogP contribution >= 0.6 is 0 Å². The van der Waals surface area contributed by atoms with Gasteiger partial charge in [-0.15, -0.1) is 0 Å². The molecule has 10 nitrogen and oxygen atoms in total. The number of carbonyl (C=O) groups is 2. The summed E-state index contributed by atoms with van der Waals surface area (Å²) in [5.74, 6) is -1.73. The molecule has 0 spiro atoms. The van der Waals surface area contributed by atoms with Crippen molar-refractivity contribution in [2.24, 2.45) is 0 Å². The number of hydrogen-bond acceptors (Lipinski definition) is 7. The minimum atomic E-state index is -2.20. The predicted molar refractivity (Wildman–Crippen MR) is 73.3 cm³/mol. The Bertz CT molecular complexity index is 269. The van der Waals surface area contributed by atoms with Crippen LogP contribution in [-0.4, -0.2) is 197 Å². The zero-order chi connectivity index (χ0) is 14.2. The molecule has 0 aromatic rings. The Morgan fingerprint density at radius 3 is 1.35 bits per heavy atom. The third-order valence-corrected chi connectivity index (χ3v) is 1.51. The van der Waals surface area contributed by atoms with Gasteiger partial charge >= 0.3 is 125 Å². The molecule has 4 unspecified atom stereocenters. The third-order valence-electron chi connectivity index (χ3n) is 1.51. The molecular formula is C7H20Ca3O10. The SMILES string of the molecule is O=C(O)C(O)C(O)C(O)C(O)CO.O=C(O)O.[Ca+2].[Ca+2].[Ca+2].[H-].[H-].[H-].[H-].[H-].[H-]. The van der Waals surface area contributed by atoms with Gasteiger partial charge in [0.25, 0.3) is 0 Å². The van der Waals surface area contributed by atoms with Crippen LogP contribution < -0.4 is 0 Å². The van der Waals surface area contributed by atoms with Crippen LogP contribution in [0.1, 0.15) is 8.56 Å². The fourth-order valence-electron chi connectivity index (χ4n) is 0.668. The Morgan fingerprint density at radius 2 is 1.15 bits per heavy atom. The maximum atomic E-state index is 10.1. The molecule has 114 valence electrons. The third kappa shape index (κ3) is 18.4. The first-order valence-corrected chi connectivity index (χ1v) is 4.13. The van der Waals surface area contributed by atoms with Crippen molar-refractivity contribution in [3.05, 3.63) is 0 Å². The topological polar surface area (TPSA) is 196 Å². The summed E-state index contributed by atoms with van der Waals surface area (Å²) in [7, 11) is 0. The van der Waals surface area contributed by atoms with E-state index < -0.39 is 43.1 Å². The average Bonchev–Trinajstić information content (AvgIpc) is 2.23. The minimum Gasteiger partial charge on any atom is -1.00 e. The largest absolute Gasteiger partial charge is 2.00 e. The van der Waals surface area contributed by atoms with E-state index in [1.54, 1.807) is 0 Å². The molecule has 0 aliphatic carbocycles. The summed E-state index contributed by atoms with van der Waals surface area (Å²) in [5.41, 5.74) is 0. The summed E-state index contributed by atoms with van der Waals surface area (Å²) in [6.45, 7) is -0.843. The van der Waals surface area contributed by atoms with E-state index in [1.165, 1.54) is 0 Å². The molecule has 13 heteroatoms. The fourth-order valence-corrected chi connectivity index (χ4v) is 0.668. The fraction of sp³-hybridized carbons (Fsp3) is 0.714. The average molecular weight is 384 g/mol. The van der Waals surface area contributed by atoms with E-state index in [4.69, 9.17) is 45.6 Å². The van der Waals surface area contributed by atoms with Gasteiger partial charge in [-0.3, -0.25) is 0 Å². The molecule has 0 heterocycles. The van der Waals surface area contributed by atoms with Crippen LogP contribution in [-0.2, 0) is 4.79 Å². The van der Waals surface area contributed by atoms with E-state index in [1.807, 2.05) is 0 Å². The van der Waals surface area contributed by atoms with Crippen molar-refractivity contribution >= 4 is 125 Å². The number of carboxylic acids is 1. The normalized spacial score (nSPS) is 14.4. The zero-order valence-electron chi connectivity index (χ0n) is 16.5. The van der Waals surface area contributed by atoms with Gasteiger partial charge in [-0.25, -0.2) is 9.59 Å². The second-order valence-electron chi connectivity index (χ2n) is 2.80. The van der Waals surface area contributed by atoms with Gasteiger partial charge in [0.15, 0.2) is 6.10 Å². The number of hydrogen-bond donors (Lipinski definition) is 8. The number of aliphatic carboxylic acids is 1. The van der Waals surface area contributed by atoms with Crippen molar-refractivity contribution < 1.29 is 59.0 Å². The standard InChI is InChI=1S/C6H12O7.CH2O3.3Ca.6H/c7-1-2(8)3(9)4(10)5(11)6(12)13;2-1(3)4;;;;;;;;;/h2-5,7-11H,1H2,(H,12,13);(H2,2,3,4);;;;;;;;;/q;;3*+2;6*-1. The first-order valence-electron chi connectivity index (χ1n) is 4.13. The van der Waals surface area contributed by atoms with E-state index >= 15 is 0 Å². The molecule has 0 saturated carbocycles. The van der Waals surface area contributed by atoms with E-state index in [9.17, 15) is 4.79 Å². The van der Waals surface area contributed by atoms with Crippen LogP contribution in [0.15, 0.2) is 0 Å². The van der Waals surface area contributed by atoms with Crippen LogP contribution in [0, 0.1) is 0 Å². The number of aliphatic hydroxyl groups is 5. The van der Waals surface area contributed by atoms with E-state index in [-0.39, 0.29) is 122 Å². The molecule has 0 saturated heterocycles. The molecule has 0 aromatic carbocycles. The van der Waals surface area contributed by atoms with Gasteiger partial charge in [0.1, 0.15) is 18.3 Å². The second kappa shape index (κ2) is 19.4. The molecule has 0 amide bonds. The first-order chi connectivity index (χ1) is 7.64. The van der Waals surface area contributed by atoms with Crippen LogP contribution in [0.4, 0.5) is 4.79 Å². The number of carboxylic acid groups (broad SMARTS) is 3. The summed E-state index contributed by atoms with van der Waals surface area (Å²) < 4.78 is 0. The molecule has 4 atom stereocenters. The van der Waals surface area contributed by atoms with Crippen molar-refractivity contribution in [1.82, 2.24) is 0 Å². The smallest absolute Gasteiger partial charge is 1.00 e. The number of rotatable bonds is 5.